The topological polar surface area (TPSA) is 104 Å². The molecule has 0 unspecified atom stereocenters. The van der Waals surface area contributed by atoms with Gasteiger partial charge in [0, 0.05) is 17.6 Å². The Balaban J connectivity index is 1.68. The first kappa shape index (κ1) is 28.9. The Labute approximate surface area is 224 Å². The largest absolute Gasteiger partial charge is 0.478 e. The summed E-state index contributed by atoms with van der Waals surface area (Å²) in [7, 11) is -4.00. The Kier molecular flexibility index (Phi) is 9.90. The summed E-state index contributed by atoms with van der Waals surface area (Å²) >= 11 is 5.99. The molecule has 8 heteroatoms. The minimum atomic E-state index is -4.00. The lowest BCUT2D eigenvalue weighted by Gasteiger charge is -2.18. The summed E-state index contributed by atoms with van der Waals surface area (Å²) in [4.78, 5) is 11.7. The molecule has 3 aromatic rings. The minimum Gasteiger partial charge on any atom is -0.478 e. The highest BCUT2D eigenvalue weighted by Crippen LogP contribution is 2.27. The zero-order chi connectivity index (χ0) is 27.2. The van der Waals surface area contributed by atoms with Crippen molar-refractivity contribution in [3.8, 4) is 0 Å². The summed E-state index contributed by atoms with van der Waals surface area (Å²) in [6, 6.07) is 18.2. The number of aromatic carboxylic acids is 1. The first-order chi connectivity index (χ1) is 17.5. The molecule has 0 amide bonds. The average Bonchev–Trinajstić information content (AvgIpc) is 2.86. The molecule has 198 valence electrons. The predicted molar refractivity (Wildman–Crippen MR) is 146 cm³/mol. The number of aliphatic hydroxyl groups is 1. The van der Waals surface area contributed by atoms with Gasteiger partial charge in [0.25, 0.3) is 0 Å². The van der Waals surface area contributed by atoms with Crippen molar-refractivity contribution in [3.05, 3.63) is 94.0 Å². The van der Waals surface area contributed by atoms with Crippen LogP contribution in [-0.4, -0.2) is 37.2 Å². The van der Waals surface area contributed by atoms with Gasteiger partial charge in [-0.3, -0.25) is 0 Å². The zero-order valence-corrected chi connectivity index (χ0v) is 22.9. The third-order valence-corrected chi connectivity index (χ3v) is 8.31. The van der Waals surface area contributed by atoms with Gasteiger partial charge in [-0.15, -0.1) is 0 Å². The lowest BCUT2D eigenvalue weighted by Crippen LogP contribution is -2.32. The van der Waals surface area contributed by atoms with Crippen molar-refractivity contribution in [2.45, 2.75) is 62.0 Å². The van der Waals surface area contributed by atoms with Crippen molar-refractivity contribution in [2.75, 3.05) is 6.54 Å². The monoisotopic (exact) mass is 543 g/mol. The van der Waals surface area contributed by atoms with Gasteiger partial charge in [-0.05, 0) is 85.2 Å². The number of carboxylic acids is 1. The van der Waals surface area contributed by atoms with Crippen LogP contribution in [0.2, 0.25) is 5.02 Å². The van der Waals surface area contributed by atoms with Gasteiger partial charge in [0.05, 0.1) is 21.5 Å². The van der Waals surface area contributed by atoms with E-state index in [1.165, 1.54) is 24.3 Å². The van der Waals surface area contributed by atoms with Crippen molar-refractivity contribution in [3.63, 3.8) is 0 Å². The van der Waals surface area contributed by atoms with Crippen LogP contribution in [0.15, 0.2) is 76.5 Å². The molecule has 0 heterocycles. The standard InChI is InChI=1S/C29H34ClNO5S/c1-19(2)7-8-22-11-14-28(26(16-22)29(33)34)37(35,36)25-12-9-21(10-13-25)15-20(3)31-18-27(32)23-5-4-6-24(30)17-23/h4-6,9-14,16-17,19-20,27,31-32H,7-8,15,18H2,1-3H3,(H,33,34)/t20-,27+/m1/s1. The first-order valence-electron chi connectivity index (χ1n) is 12.3. The highest BCUT2D eigenvalue weighted by molar-refractivity contribution is 7.91. The average molecular weight is 544 g/mol. The first-order valence-corrected chi connectivity index (χ1v) is 14.2. The molecule has 3 rings (SSSR count). The van der Waals surface area contributed by atoms with Gasteiger partial charge >= 0.3 is 5.97 Å². The number of aryl methyl sites for hydroxylation is 1. The minimum absolute atomic E-state index is 0.0216. The van der Waals surface area contributed by atoms with Gasteiger partial charge in [-0.1, -0.05) is 55.8 Å². The van der Waals surface area contributed by atoms with E-state index >= 15 is 0 Å². The Hall–Kier alpha value is -2.71. The summed E-state index contributed by atoms with van der Waals surface area (Å²) < 4.78 is 26.6. The van der Waals surface area contributed by atoms with Gasteiger partial charge in [-0.2, -0.15) is 0 Å². The van der Waals surface area contributed by atoms with Crippen LogP contribution in [0.5, 0.6) is 0 Å². The Bertz CT molecular complexity index is 1320. The van der Waals surface area contributed by atoms with Crippen molar-refractivity contribution in [1.29, 1.82) is 0 Å². The predicted octanol–water partition coefficient (Wildman–Crippen LogP) is 5.71. The fourth-order valence-electron chi connectivity index (χ4n) is 4.09. The molecular formula is C29H34ClNO5S. The van der Waals surface area contributed by atoms with Crippen molar-refractivity contribution in [2.24, 2.45) is 5.92 Å². The Morgan fingerprint density at radius 2 is 1.65 bits per heavy atom. The van der Waals surface area contributed by atoms with Crippen LogP contribution in [0.25, 0.3) is 0 Å². The van der Waals surface area contributed by atoms with E-state index in [1.807, 2.05) is 13.0 Å². The molecular weight excluding hydrogens is 510 g/mol. The number of nitrogens with one attached hydrogen (secondary N) is 1. The molecule has 0 aliphatic heterocycles. The fourth-order valence-corrected chi connectivity index (χ4v) is 5.72. The van der Waals surface area contributed by atoms with E-state index in [9.17, 15) is 23.4 Å². The lowest BCUT2D eigenvalue weighted by molar-refractivity contribution is 0.0692. The van der Waals surface area contributed by atoms with Crippen molar-refractivity contribution >= 4 is 27.4 Å². The highest BCUT2D eigenvalue weighted by atomic mass is 35.5. The molecule has 6 nitrogen and oxygen atoms in total. The third-order valence-electron chi connectivity index (χ3n) is 6.24. The second-order valence-electron chi connectivity index (χ2n) is 9.80. The lowest BCUT2D eigenvalue weighted by atomic mass is 10.0. The van der Waals surface area contributed by atoms with Crippen LogP contribution in [-0.2, 0) is 22.7 Å². The van der Waals surface area contributed by atoms with Crippen molar-refractivity contribution < 1.29 is 23.4 Å². The van der Waals surface area contributed by atoms with Gasteiger partial charge in [0.2, 0.25) is 9.84 Å². The highest BCUT2D eigenvalue weighted by Gasteiger charge is 2.25. The van der Waals surface area contributed by atoms with Crippen LogP contribution in [0.1, 0.15) is 60.3 Å². The number of benzene rings is 3. The van der Waals surface area contributed by atoms with Crippen LogP contribution in [0, 0.1) is 5.92 Å². The maximum Gasteiger partial charge on any atom is 0.337 e. The van der Waals surface area contributed by atoms with E-state index in [2.05, 4.69) is 19.2 Å². The SMILES string of the molecule is CC(C)CCc1ccc(S(=O)(=O)c2ccc(C[C@@H](C)NC[C@H](O)c3cccc(Cl)c3)cc2)c(C(=O)O)c1. The molecule has 0 fully saturated rings. The molecule has 0 spiro atoms. The smallest absolute Gasteiger partial charge is 0.337 e. The number of halogens is 1. The molecule has 0 radical (unpaired) electrons. The molecule has 0 saturated heterocycles. The van der Waals surface area contributed by atoms with E-state index in [1.54, 1.807) is 36.4 Å². The summed E-state index contributed by atoms with van der Waals surface area (Å²) in [5.41, 5.74) is 2.25. The summed E-state index contributed by atoms with van der Waals surface area (Å²) in [6.45, 7) is 6.50. The maximum absolute atomic E-state index is 13.3. The van der Waals surface area contributed by atoms with E-state index < -0.39 is 21.9 Å². The molecule has 0 aliphatic rings. The van der Waals surface area contributed by atoms with Crippen molar-refractivity contribution in [1.82, 2.24) is 5.32 Å². The number of sulfone groups is 1. The van der Waals surface area contributed by atoms with Gasteiger partial charge in [-0.25, -0.2) is 13.2 Å². The molecule has 0 saturated carbocycles. The normalized spacial score (nSPS) is 13.5. The van der Waals surface area contributed by atoms with E-state index in [0.717, 1.165) is 23.1 Å². The fraction of sp³-hybridized carbons (Fsp3) is 0.345. The summed E-state index contributed by atoms with van der Waals surface area (Å²) in [5.74, 6) is -0.803. The molecule has 0 aliphatic carbocycles. The molecule has 0 bridgehead atoms. The quantitative estimate of drug-likeness (QED) is 0.270. The summed E-state index contributed by atoms with van der Waals surface area (Å²) in [5, 5.41) is 24.0. The number of hydrogen-bond donors (Lipinski definition) is 3. The van der Waals surface area contributed by atoms with E-state index in [-0.39, 0.29) is 21.4 Å². The Morgan fingerprint density at radius 3 is 2.27 bits per heavy atom. The maximum atomic E-state index is 13.3. The number of hydrogen-bond acceptors (Lipinski definition) is 5. The zero-order valence-electron chi connectivity index (χ0n) is 21.3. The number of rotatable bonds is 12. The number of aliphatic hydroxyl groups excluding tert-OH is 1. The molecule has 0 aromatic heterocycles. The third kappa shape index (κ3) is 7.89. The van der Waals surface area contributed by atoms with Crippen LogP contribution in [0.3, 0.4) is 0 Å². The molecule has 3 aromatic carbocycles. The van der Waals surface area contributed by atoms with Gasteiger partial charge in [0.15, 0.2) is 0 Å². The van der Waals surface area contributed by atoms with Crippen LogP contribution >= 0.6 is 11.6 Å². The molecule has 37 heavy (non-hydrogen) atoms. The molecule has 2 atom stereocenters. The van der Waals surface area contributed by atoms with Crippen LogP contribution < -0.4 is 5.32 Å². The van der Waals surface area contributed by atoms with E-state index in [0.29, 0.717) is 30.3 Å². The Morgan fingerprint density at radius 1 is 0.973 bits per heavy atom. The summed E-state index contributed by atoms with van der Waals surface area (Å²) in [6.07, 6.45) is 1.50. The number of carbonyl (C=O) groups is 1. The number of carboxylic acid groups (broad SMARTS) is 1. The van der Waals surface area contributed by atoms with Crippen LogP contribution in [0.4, 0.5) is 0 Å². The van der Waals surface area contributed by atoms with Gasteiger partial charge in [0.1, 0.15) is 0 Å². The molecule has 3 N–H and O–H groups in total. The van der Waals surface area contributed by atoms with Gasteiger partial charge < -0.3 is 15.5 Å². The second kappa shape index (κ2) is 12.7. The van der Waals surface area contributed by atoms with E-state index in [4.69, 9.17) is 11.6 Å². The second-order valence-corrected chi connectivity index (χ2v) is 12.2.